The molecule has 1 N–H and O–H groups in total. The van der Waals surface area contributed by atoms with Crippen molar-refractivity contribution in [2.75, 3.05) is 7.11 Å². The fraction of sp³-hybridized carbons (Fsp3) is 0.647. The van der Waals surface area contributed by atoms with Gasteiger partial charge in [-0.25, -0.2) is 0 Å². The molecular weight excluding hydrogens is 236 g/mol. The van der Waals surface area contributed by atoms with Crippen LogP contribution in [0.1, 0.15) is 49.8 Å². The first-order valence-corrected chi connectivity index (χ1v) is 7.24. The van der Waals surface area contributed by atoms with E-state index >= 15 is 0 Å². The van der Waals surface area contributed by atoms with Crippen molar-refractivity contribution >= 4 is 0 Å². The summed E-state index contributed by atoms with van der Waals surface area (Å²) < 4.78 is 5.54. The molecule has 2 unspecified atom stereocenters. The van der Waals surface area contributed by atoms with Gasteiger partial charge in [-0.05, 0) is 62.1 Å². The molecule has 2 rings (SSSR count). The van der Waals surface area contributed by atoms with Crippen LogP contribution in [0, 0.1) is 25.7 Å². The van der Waals surface area contributed by atoms with E-state index in [1.54, 1.807) is 7.11 Å². The van der Waals surface area contributed by atoms with Crippen LogP contribution in [-0.4, -0.2) is 12.2 Å². The predicted octanol–water partition coefficient (Wildman–Crippen LogP) is 3.96. The average Bonchev–Trinajstić information content (AvgIpc) is 2.24. The van der Waals surface area contributed by atoms with Gasteiger partial charge in [0.25, 0.3) is 0 Å². The zero-order valence-electron chi connectivity index (χ0n) is 12.8. The van der Waals surface area contributed by atoms with Gasteiger partial charge in [0.2, 0.25) is 0 Å². The maximum absolute atomic E-state index is 11.2. The normalized spacial score (nSPS) is 31.3. The van der Waals surface area contributed by atoms with Crippen molar-refractivity contribution in [2.24, 2.45) is 11.8 Å². The van der Waals surface area contributed by atoms with Crippen molar-refractivity contribution in [2.45, 2.75) is 52.6 Å². The summed E-state index contributed by atoms with van der Waals surface area (Å²) in [7, 11) is 1.69. The van der Waals surface area contributed by atoms with Gasteiger partial charge in [-0.2, -0.15) is 0 Å². The van der Waals surface area contributed by atoms with Crippen molar-refractivity contribution in [3.8, 4) is 5.75 Å². The number of hydrogen-bond acceptors (Lipinski definition) is 2. The monoisotopic (exact) mass is 262 g/mol. The first-order valence-electron chi connectivity index (χ1n) is 7.24. The second kappa shape index (κ2) is 5.16. The number of benzene rings is 1. The lowest BCUT2D eigenvalue weighted by Gasteiger charge is -2.40. The van der Waals surface area contributed by atoms with E-state index in [4.69, 9.17) is 4.74 Å². The minimum atomic E-state index is -0.736. The lowest BCUT2D eigenvalue weighted by Crippen LogP contribution is -2.36. The van der Waals surface area contributed by atoms with Gasteiger partial charge in [0.1, 0.15) is 5.75 Å². The zero-order chi connectivity index (χ0) is 14.2. The molecule has 19 heavy (non-hydrogen) atoms. The lowest BCUT2D eigenvalue weighted by atomic mass is 9.69. The molecule has 1 aliphatic carbocycles. The van der Waals surface area contributed by atoms with E-state index in [1.807, 2.05) is 6.07 Å². The first-order chi connectivity index (χ1) is 8.85. The van der Waals surface area contributed by atoms with E-state index in [0.29, 0.717) is 11.8 Å². The van der Waals surface area contributed by atoms with E-state index in [0.717, 1.165) is 29.7 Å². The van der Waals surface area contributed by atoms with Crippen LogP contribution in [0.5, 0.6) is 5.75 Å². The highest BCUT2D eigenvalue weighted by Gasteiger charge is 2.40. The third-order valence-corrected chi connectivity index (χ3v) is 4.31. The van der Waals surface area contributed by atoms with Gasteiger partial charge in [0, 0.05) is 5.56 Å². The largest absolute Gasteiger partial charge is 0.496 e. The fourth-order valence-corrected chi connectivity index (χ4v) is 3.98. The Hall–Kier alpha value is -1.02. The highest BCUT2D eigenvalue weighted by Crippen LogP contribution is 2.46. The molecule has 106 valence electrons. The Balaban J connectivity index is 2.50. The van der Waals surface area contributed by atoms with Crippen molar-refractivity contribution in [3.63, 3.8) is 0 Å². The molecule has 0 saturated heterocycles. The van der Waals surface area contributed by atoms with Gasteiger partial charge in [-0.3, -0.25) is 0 Å². The van der Waals surface area contributed by atoms with Crippen LogP contribution in [0.4, 0.5) is 0 Å². The Bertz CT molecular complexity index is 455. The third kappa shape index (κ3) is 2.79. The molecule has 0 aliphatic heterocycles. The van der Waals surface area contributed by atoms with Crippen molar-refractivity contribution in [1.29, 1.82) is 0 Å². The van der Waals surface area contributed by atoms with E-state index in [2.05, 4.69) is 33.8 Å². The molecule has 1 saturated carbocycles. The maximum Gasteiger partial charge on any atom is 0.125 e. The summed E-state index contributed by atoms with van der Waals surface area (Å²) in [6, 6.07) is 4.17. The molecule has 0 aromatic heterocycles. The standard InChI is InChI=1S/C17H26O2/c1-11-7-14(4)16(15(8-11)19-5)17(18)9-12(2)6-13(3)10-17/h7-8,12-13,18H,6,9-10H2,1-5H3. The first kappa shape index (κ1) is 14.4. The van der Waals surface area contributed by atoms with Gasteiger partial charge >= 0.3 is 0 Å². The average molecular weight is 262 g/mol. The van der Waals surface area contributed by atoms with Crippen LogP contribution in [0.25, 0.3) is 0 Å². The Labute approximate surface area is 116 Å². The van der Waals surface area contributed by atoms with Gasteiger partial charge < -0.3 is 9.84 Å². The lowest BCUT2D eigenvalue weighted by molar-refractivity contribution is -0.0382. The SMILES string of the molecule is COc1cc(C)cc(C)c1C1(O)CC(C)CC(C)C1. The van der Waals surface area contributed by atoms with Crippen LogP contribution in [-0.2, 0) is 5.60 Å². The molecule has 2 heteroatoms. The number of ether oxygens (including phenoxy) is 1. The molecule has 1 fully saturated rings. The van der Waals surface area contributed by atoms with Crippen molar-refractivity contribution in [1.82, 2.24) is 0 Å². The van der Waals surface area contributed by atoms with Crippen LogP contribution in [0.15, 0.2) is 12.1 Å². The number of aliphatic hydroxyl groups is 1. The van der Waals surface area contributed by atoms with Gasteiger partial charge in [-0.15, -0.1) is 0 Å². The van der Waals surface area contributed by atoms with Crippen LogP contribution >= 0.6 is 0 Å². The molecule has 1 aliphatic rings. The second-order valence-corrected chi connectivity index (χ2v) is 6.54. The zero-order valence-corrected chi connectivity index (χ0v) is 12.8. The summed E-state index contributed by atoms with van der Waals surface area (Å²) in [6.07, 6.45) is 2.87. The quantitative estimate of drug-likeness (QED) is 0.874. The summed E-state index contributed by atoms with van der Waals surface area (Å²) >= 11 is 0. The Morgan fingerprint density at radius 1 is 1.16 bits per heavy atom. The van der Waals surface area contributed by atoms with E-state index in [-0.39, 0.29) is 0 Å². The highest BCUT2D eigenvalue weighted by atomic mass is 16.5. The Morgan fingerprint density at radius 2 is 1.74 bits per heavy atom. The molecule has 2 nitrogen and oxygen atoms in total. The molecule has 0 bridgehead atoms. The number of hydrogen-bond donors (Lipinski definition) is 1. The second-order valence-electron chi connectivity index (χ2n) is 6.54. The third-order valence-electron chi connectivity index (χ3n) is 4.31. The van der Waals surface area contributed by atoms with Crippen molar-refractivity contribution in [3.05, 3.63) is 28.8 Å². The number of rotatable bonds is 2. The molecule has 0 amide bonds. The molecule has 1 aromatic carbocycles. The smallest absolute Gasteiger partial charge is 0.125 e. The molecular formula is C17H26O2. The number of aryl methyl sites for hydroxylation is 2. The summed E-state index contributed by atoms with van der Waals surface area (Å²) in [5, 5.41) is 11.2. The van der Waals surface area contributed by atoms with Crippen LogP contribution in [0.3, 0.4) is 0 Å². The van der Waals surface area contributed by atoms with E-state index < -0.39 is 5.60 Å². The van der Waals surface area contributed by atoms with E-state index in [1.165, 1.54) is 12.0 Å². The molecule has 2 atom stereocenters. The maximum atomic E-state index is 11.2. The van der Waals surface area contributed by atoms with Gasteiger partial charge in [0.05, 0.1) is 12.7 Å². The highest BCUT2D eigenvalue weighted by molar-refractivity contribution is 5.47. The summed E-state index contributed by atoms with van der Waals surface area (Å²) in [5.41, 5.74) is 2.58. The van der Waals surface area contributed by atoms with Crippen LogP contribution in [0.2, 0.25) is 0 Å². The summed E-state index contributed by atoms with van der Waals surface area (Å²) in [6.45, 7) is 8.61. The Morgan fingerprint density at radius 3 is 2.26 bits per heavy atom. The predicted molar refractivity (Wildman–Crippen MR) is 78.5 cm³/mol. The molecule has 0 radical (unpaired) electrons. The minimum absolute atomic E-state index is 0.555. The van der Waals surface area contributed by atoms with Crippen LogP contribution < -0.4 is 4.74 Å². The molecule has 1 aromatic rings. The van der Waals surface area contributed by atoms with E-state index in [9.17, 15) is 5.11 Å². The summed E-state index contributed by atoms with van der Waals surface area (Å²) in [4.78, 5) is 0. The Kier molecular flexibility index (Phi) is 3.91. The number of methoxy groups -OCH3 is 1. The molecule has 0 spiro atoms. The van der Waals surface area contributed by atoms with Crippen molar-refractivity contribution < 1.29 is 9.84 Å². The topological polar surface area (TPSA) is 29.5 Å². The fourth-order valence-electron chi connectivity index (χ4n) is 3.98. The minimum Gasteiger partial charge on any atom is -0.496 e. The van der Waals surface area contributed by atoms with Gasteiger partial charge in [0.15, 0.2) is 0 Å². The summed E-state index contributed by atoms with van der Waals surface area (Å²) in [5.74, 6) is 1.94. The molecule has 0 heterocycles. The van der Waals surface area contributed by atoms with Gasteiger partial charge in [-0.1, -0.05) is 19.9 Å².